The van der Waals surface area contributed by atoms with Crippen LogP contribution in [0.15, 0.2) is 23.2 Å². The lowest BCUT2D eigenvalue weighted by molar-refractivity contribution is 0.150. The van der Waals surface area contributed by atoms with Gasteiger partial charge in [-0.05, 0) is 31.9 Å². The van der Waals surface area contributed by atoms with E-state index in [0.29, 0.717) is 16.9 Å². The molecule has 0 unspecified atom stereocenters. The van der Waals surface area contributed by atoms with Gasteiger partial charge >= 0.3 is 0 Å². The van der Waals surface area contributed by atoms with E-state index < -0.39 is 27.0 Å². The largest absolute Gasteiger partial charge is 0.295 e. The van der Waals surface area contributed by atoms with Crippen LogP contribution in [0.4, 0.5) is 8.78 Å². The minimum absolute atomic E-state index is 0.0204. The Morgan fingerprint density at radius 1 is 1.35 bits per heavy atom. The van der Waals surface area contributed by atoms with Crippen LogP contribution in [-0.4, -0.2) is 33.5 Å². The van der Waals surface area contributed by atoms with E-state index >= 15 is 0 Å². The Labute approximate surface area is 156 Å². The average Bonchev–Trinajstić information content (AvgIpc) is 3.00. The number of nitrogens with one attached hydrogen (secondary N) is 1. The molecule has 3 aromatic heterocycles. The Hall–Kier alpha value is -1.69. The molecule has 4 rings (SSSR count). The lowest BCUT2D eigenvalue weighted by atomic mass is 10.4. The molecule has 7 nitrogen and oxygen atoms in total. The molecule has 1 saturated carbocycles. The van der Waals surface area contributed by atoms with Crippen LogP contribution in [0.1, 0.15) is 31.2 Å². The Morgan fingerprint density at radius 3 is 2.69 bits per heavy atom. The fourth-order valence-electron chi connectivity index (χ4n) is 2.42. The summed E-state index contributed by atoms with van der Waals surface area (Å²) in [6, 6.07) is 2.93. The third kappa shape index (κ3) is 3.08. The fourth-order valence-corrected chi connectivity index (χ4v) is 4.81. The molecule has 1 aliphatic carbocycles. The SMILES string of the molecule is CC1(NS(=O)(=O)c2ccc3c(Cl)nc(-c4nnc(C(F)F)s4)n3c2)CC1. The van der Waals surface area contributed by atoms with E-state index in [1.807, 2.05) is 6.92 Å². The van der Waals surface area contributed by atoms with Gasteiger partial charge in [-0.3, -0.25) is 4.40 Å². The molecule has 0 saturated heterocycles. The van der Waals surface area contributed by atoms with Crippen LogP contribution in [0.2, 0.25) is 5.15 Å². The van der Waals surface area contributed by atoms with Gasteiger partial charge in [0, 0.05) is 11.7 Å². The molecule has 26 heavy (non-hydrogen) atoms. The molecule has 0 aliphatic heterocycles. The summed E-state index contributed by atoms with van der Waals surface area (Å²) < 4.78 is 54.8. The van der Waals surface area contributed by atoms with E-state index in [1.54, 1.807) is 0 Å². The van der Waals surface area contributed by atoms with E-state index in [1.165, 1.54) is 22.7 Å². The zero-order chi connectivity index (χ0) is 18.7. The van der Waals surface area contributed by atoms with Crippen LogP contribution in [0, 0.1) is 0 Å². The van der Waals surface area contributed by atoms with Crippen molar-refractivity contribution in [2.24, 2.45) is 0 Å². The number of rotatable bonds is 5. The van der Waals surface area contributed by atoms with Gasteiger partial charge in [-0.25, -0.2) is 26.9 Å². The fraction of sp³-hybridized carbons (Fsp3) is 0.357. The average molecular weight is 420 g/mol. The second-order valence-corrected chi connectivity index (χ2v) is 9.31. The molecule has 0 bridgehead atoms. The number of halogens is 3. The molecule has 0 amide bonds. The van der Waals surface area contributed by atoms with Gasteiger partial charge in [0.05, 0.1) is 10.4 Å². The molecule has 1 fully saturated rings. The molecule has 3 heterocycles. The molecule has 0 aromatic carbocycles. The van der Waals surface area contributed by atoms with Gasteiger partial charge in [-0.2, -0.15) is 0 Å². The molecule has 1 aliphatic rings. The number of alkyl halides is 2. The zero-order valence-corrected chi connectivity index (χ0v) is 15.7. The van der Waals surface area contributed by atoms with E-state index in [4.69, 9.17) is 11.6 Å². The van der Waals surface area contributed by atoms with Crippen molar-refractivity contribution in [3.8, 4) is 10.8 Å². The van der Waals surface area contributed by atoms with E-state index in [2.05, 4.69) is 19.9 Å². The summed E-state index contributed by atoms with van der Waals surface area (Å²) in [6.07, 6.45) is 0.152. The summed E-state index contributed by atoms with van der Waals surface area (Å²) in [6.45, 7) is 1.83. The third-order valence-electron chi connectivity index (χ3n) is 4.07. The van der Waals surface area contributed by atoms with E-state index in [0.717, 1.165) is 12.8 Å². The monoisotopic (exact) mass is 419 g/mol. The van der Waals surface area contributed by atoms with Crippen molar-refractivity contribution in [1.82, 2.24) is 24.3 Å². The Bertz CT molecular complexity index is 1110. The van der Waals surface area contributed by atoms with Crippen LogP contribution >= 0.6 is 22.9 Å². The number of imidazole rings is 1. The highest BCUT2D eigenvalue weighted by Crippen LogP contribution is 2.36. The normalized spacial score (nSPS) is 16.5. The van der Waals surface area contributed by atoms with Crippen LogP contribution in [0.3, 0.4) is 0 Å². The van der Waals surface area contributed by atoms with Crippen molar-refractivity contribution >= 4 is 38.5 Å². The van der Waals surface area contributed by atoms with E-state index in [-0.39, 0.29) is 20.9 Å². The first-order valence-corrected chi connectivity index (χ1v) is 10.2. The Kier molecular flexibility index (Phi) is 4.03. The summed E-state index contributed by atoms with van der Waals surface area (Å²) in [7, 11) is -3.74. The third-order valence-corrected chi connectivity index (χ3v) is 6.90. The highest BCUT2D eigenvalue weighted by Gasteiger charge is 2.41. The van der Waals surface area contributed by atoms with Crippen molar-refractivity contribution in [2.45, 2.75) is 36.6 Å². The predicted molar refractivity (Wildman–Crippen MR) is 92.0 cm³/mol. The number of nitrogens with zero attached hydrogens (tertiary/aromatic N) is 4. The maximum Gasteiger partial charge on any atom is 0.291 e. The number of sulfonamides is 1. The summed E-state index contributed by atoms with van der Waals surface area (Å²) >= 11 is 6.77. The number of aromatic nitrogens is 4. The first-order valence-electron chi connectivity index (χ1n) is 7.52. The van der Waals surface area contributed by atoms with Gasteiger partial charge in [0.1, 0.15) is 0 Å². The van der Waals surface area contributed by atoms with Gasteiger partial charge in [-0.15, -0.1) is 10.2 Å². The van der Waals surface area contributed by atoms with Crippen LogP contribution in [-0.2, 0) is 10.0 Å². The summed E-state index contributed by atoms with van der Waals surface area (Å²) in [5.41, 5.74) is 0.0151. The summed E-state index contributed by atoms with van der Waals surface area (Å²) in [4.78, 5) is 4.14. The Morgan fingerprint density at radius 2 is 2.08 bits per heavy atom. The van der Waals surface area contributed by atoms with Crippen molar-refractivity contribution in [1.29, 1.82) is 0 Å². The number of pyridine rings is 1. The molecule has 0 radical (unpaired) electrons. The van der Waals surface area contributed by atoms with Gasteiger partial charge in [0.15, 0.2) is 21.0 Å². The van der Waals surface area contributed by atoms with Crippen molar-refractivity contribution in [3.05, 3.63) is 28.5 Å². The zero-order valence-electron chi connectivity index (χ0n) is 13.3. The molecule has 1 N–H and O–H groups in total. The standard InChI is InChI=1S/C14H12ClF2N5O2S2/c1-14(4-5-14)21-26(23,24)7-2-3-8-9(15)18-11(22(8)6-7)13-20-19-12(25-13)10(16)17/h2-3,6,10,21H,4-5H2,1H3. The lowest BCUT2D eigenvalue weighted by Gasteiger charge is -2.12. The summed E-state index contributed by atoms with van der Waals surface area (Å²) in [5, 5.41) is 6.93. The number of hydrogen-bond acceptors (Lipinski definition) is 6. The quantitative estimate of drug-likeness (QED) is 0.685. The molecule has 12 heteroatoms. The second kappa shape index (κ2) is 5.91. The molecular weight excluding hydrogens is 408 g/mol. The molecular formula is C14H12ClF2N5O2S2. The highest BCUT2D eigenvalue weighted by molar-refractivity contribution is 7.89. The van der Waals surface area contributed by atoms with Crippen molar-refractivity contribution < 1.29 is 17.2 Å². The smallest absolute Gasteiger partial charge is 0.291 e. The first kappa shape index (κ1) is 17.7. The molecule has 3 aromatic rings. The highest BCUT2D eigenvalue weighted by atomic mass is 35.5. The second-order valence-electron chi connectivity index (χ2n) is 6.26. The molecule has 0 spiro atoms. The number of hydrogen-bond donors (Lipinski definition) is 1. The van der Waals surface area contributed by atoms with Gasteiger partial charge in [0.25, 0.3) is 6.43 Å². The lowest BCUT2D eigenvalue weighted by Crippen LogP contribution is -2.34. The topological polar surface area (TPSA) is 89.2 Å². The van der Waals surface area contributed by atoms with Crippen LogP contribution < -0.4 is 4.72 Å². The molecule has 138 valence electrons. The van der Waals surface area contributed by atoms with Gasteiger partial charge in [-0.1, -0.05) is 22.9 Å². The molecule has 0 atom stereocenters. The Balaban J connectivity index is 1.82. The van der Waals surface area contributed by atoms with Crippen LogP contribution in [0.25, 0.3) is 16.3 Å². The maximum absolute atomic E-state index is 12.8. The van der Waals surface area contributed by atoms with E-state index in [9.17, 15) is 17.2 Å². The summed E-state index contributed by atoms with van der Waals surface area (Å²) in [5.74, 6) is 0.157. The maximum atomic E-state index is 12.8. The minimum Gasteiger partial charge on any atom is -0.295 e. The van der Waals surface area contributed by atoms with Crippen LogP contribution in [0.5, 0.6) is 0 Å². The predicted octanol–water partition coefficient (Wildman–Crippen LogP) is 3.27. The minimum atomic E-state index is -3.74. The van der Waals surface area contributed by atoms with Crippen molar-refractivity contribution in [3.63, 3.8) is 0 Å². The van der Waals surface area contributed by atoms with Crippen molar-refractivity contribution in [2.75, 3.05) is 0 Å². The number of fused-ring (bicyclic) bond motifs is 1. The van der Waals surface area contributed by atoms with Gasteiger partial charge in [0.2, 0.25) is 10.0 Å². The van der Waals surface area contributed by atoms with Gasteiger partial charge < -0.3 is 0 Å². The first-order chi connectivity index (χ1) is 12.2.